The van der Waals surface area contributed by atoms with E-state index in [9.17, 15) is 9.59 Å². The van der Waals surface area contributed by atoms with Crippen LogP contribution in [-0.4, -0.2) is 11.7 Å². The summed E-state index contributed by atoms with van der Waals surface area (Å²) in [5.74, 6) is 0.350. The molecule has 0 saturated heterocycles. The van der Waals surface area contributed by atoms with E-state index in [-0.39, 0.29) is 11.7 Å². The fraction of sp³-hybridized carbons (Fsp3) is 0.600. The molecule has 3 nitrogen and oxygen atoms in total. The maximum Gasteiger partial charge on any atom is 0.224 e. The number of hydrogen-bond donors (Lipinski definition) is 1. The smallest absolute Gasteiger partial charge is 0.224 e. The second-order valence-electron chi connectivity index (χ2n) is 4.80. The molecule has 0 unspecified atom stereocenters. The average molecular weight is 249 g/mol. The molecule has 1 aliphatic rings. The molecule has 0 aromatic heterocycles. The maximum absolute atomic E-state index is 11.6. The normalized spacial score (nSPS) is 14.2. The minimum Gasteiger partial charge on any atom is -0.326 e. The Labute approximate surface area is 109 Å². The first-order valence-electron chi connectivity index (χ1n) is 6.84. The number of rotatable bonds is 8. The third kappa shape index (κ3) is 7.05. The molecule has 0 fully saturated rings. The lowest BCUT2D eigenvalue weighted by molar-refractivity contribution is -0.120. The molecule has 1 N–H and O–H groups in total. The molecule has 0 bridgehead atoms. The van der Waals surface area contributed by atoms with E-state index in [4.69, 9.17) is 0 Å². The fourth-order valence-electron chi connectivity index (χ4n) is 1.94. The molecular formula is C15H23NO2. The summed E-state index contributed by atoms with van der Waals surface area (Å²) >= 11 is 0. The third-order valence-electron chi connectivity index (χ3n) is 2.96. The first kappa shape index (κ1) is 14.7. The first-order valence-corrected chi connectivity index (χ1v) is 6.84. The number of carbonyl (C=O) groups excluding carboxylic acids is 2. The maximum atomic E-state index is 11.6. The van der Waals surface area contributed by atoms with Gasteiger partial charge in [-0.2, -0.15) is 0 Å². The Morgan fingerprint density at radius 3 is 2.44 bits per heavy atom. The van der Waals surface area contributed by atoms with Gasteiger partial charge in [0.1, 0.15) is 5.78 Å². The molecule has 0 saturated carbocycles. The van der Waals surface area contributed by atoms with Crippen molar-refractivity contribution in [1.82, 2.24) is 5.32 Å². The molecule has 100 valence electrons. The van der Waals surface area contributed by atoms with E-state index in [1.165, 1.54) is 0 Å². The summed E-state index contributed by atoms with van der Waals surface area (Å²) < 4.78 is 0. The lowest BCUT2D eigenvalue weighted by Crippen LogP contribution is -2.21. The van der Waals surface area contributed by atoms with Crippen molar-refractivity contribution in [1.29, 1.82) is 0 Å². The molecule has 1 rings (SSSR count). The molecular weight excluding hydrogens is 226 g/mol. The average Bonchev–Trinajstić information content (AvgIpc) is 2.34. The van der Waals surface area contributed by atoms with Crippen LogP contribution in [0.3, 0.4) is 0 Å². The van der Waals surface area contributed by atoms with Gasteiger partial charge in [-0.15, -0.1) is 0 Å². The number of carbonyl (C=O) groups is 2. The van der Waals surface area contributed by atoms with Crippen LogP contribution in [0.1, 0.15) is 58.3 Å². The molecule has 1 amide bonds. The van der Waals surface area contributed by atoms with Crippen molar-refractivity contribution in [3.63, 3.8) is 0 Å². The van der Waals surface area contributed by atoms with Gasteiger partial charge >= 0.3 is 0 Å². The fourth-order valence-corrected chi connectivity index (χ4v) is 1.94. The Morgan fingerprint density at radius 2 is 1.83 bits per heavy atom. The number of Topliss-reactive ketones (excluding diaryl/α,β-unsaturated/α-hetero) is 1. The van der Waals surface area contributed by atoms with Gasteiger partial charge < -0.3 is 10.1 Å². The molecule has 0 aromatic carbocycles. The van der Waals surface area contributed by atoms with Crippen LogP contribution in [0, 0.1) is 0 Å². The van der Waals surface area contributed by atoms with Crippen LogP contribution in [0.25, 0.3) is 0 Å². The molecule has 0 heterocycles. The second-order valence-corrected chi connectivity index (χ2v) is 4.80. The zero-order valence-electron chi connectivity index (χ0n) is 11.2. The standard InChI is InChI=1S/C15H23NO2/c1-13(17)9-5-2-3-8-12-15(18)16-14-10-6-4-7-11-14/h6,10-11H,2-5,7-9,12H2,1H3,(H,16,18). The summed E-state index contributed by atoms with van der Waals surface area (Å²) in [6.45, 7) is 1.62. The van der Waals surface area contributed by atoms with E-state index >= 15 is 0 Å². The Balaban J connectivity index is 2.01. The molecule has 3 heteroatoms. The summed E-state index contributed by atoms with van der Waals surface area (Å²) in [6, 6.07) is 0. The van der Waals surface area contributed by atoms with E-state index in [1.54, 1.807) is 6.92 Å². The molecule has 18 heavy (non-hydrogen) atoms. The summed E-state index contributed by atoms with van der Waals surface area (Å²) in [4.78, 5) is 22.3. The highest BCUT2D eigenvalue weighted by Crippen LogP contribution is 2.09. The molecule has 0 aliphatic heterocycles. The number of nitrogens with one attached hydrogen (secondary N) is 1. The van der Waals surface area contributed by atoms with Gasteiger partial charge in [-0.1, -0.05) is 25.0 Å². The van der Waals surface area contributed by atoms with Crippen LogP contribution in [-0.2, 0) is 9.59 Å². The van der Waals surface area contributed by atoms with Crippen molar-refractivity contribution in [3.8, 4) is 0 Å². The van der Waals surface area contributed by atoms with E-state index in [0.29, 0.717) is 12.8 Å². The lowest BCUT2D eigenvalue weighted by Gasteiger charge is -2.08. The van der Waals surface area contributed by atoms with Crippen molar-refractivity contribution in [3.05, 3.63) is 23.9 Å². The van der Waals surface area contributed by atoms with Crippen molar-refractivity contribution in [2.24, 2.45) is 0 Å². The van der Waals surface area contributed by atoms with Crippen LogP contribution >= 0.6 is 0 Å². The lowest BCUT2D eigenvalue weighted by atomic mass is 10.1. The summed E-state index contributed by atoms with van der Waals surface area (Å²) in [6.07, 6.45) is 13.3. The highest BCUT2D eigenvalue weighted by molar-refractivity contribution is 5.78. The van der Waals surface area contributed by atoms with Gasteiger partial charge in [0.05, 0.1) is 0 Å². The zero-order valence-corrected chi connectivity index (χ0v) is 11.2. The van der Waals surface area contributed by atoms with Crippen LogP contribution in [0.4, 0.5) is 0 Å². The second kappa shape index (κ2) is 8.67. The summed E-state index contributed by atoms with van der Waals surface area (Å²) in [7, 11) is 0. The number of ketones is 1. The summed E-state index contributed by atoms with van der Waals surface area (Å²) in [5.41, 5.74) is 0.933. The largest absolute Gasteiger partial charge is 0.326 e. The Bertz CT molecular complexity index is 342. The summed E-state index contributed by atoms with van der Waals surface area (Å²) in [5, 5.41) is 2.91. The molecule has 0 spiro atoms. The van der Waals surface area contributed by atoms with Crippen LogP contribution in [0.15, 0.2) is 23.9 Å². The minimum absolute atomic E-state index is 0.0966. The third-order valence-corrected chi connectivity index (χ3v) is 2.96. The molecule has 0 radical (unpaired) electrons. The highest BCUT2D eigenvalue weighted by Gasteiger charge is 2.04. The monoisotopic (exact) mass is 249 g/mol. The van der Waals surface area contributed by atoms with E-state index in [1.807, 2.05) is 6.08 Å². The highest BCUT2D eigenvalue weighted by atomic mass is 16.1. The van der Waals surface area contributed by atoms with Gasteiger partial charge in [0.15, 0.2) is 0 Å². The van der Waals surface area contributed by atoms with Crippen molar-refractivity contribution in [2.75, 3.05) is 0 Å². The SMILES string of the molecule is CC(=O)CCCCCCC(=O)NC1=CCCC=C1. The molecule has 0 atom stereocenters. The number of allylic oxidation sites excluding steroid dienone is 3. The number of unbranched alkanes of at least 4 members (excludes halogenated alkanes) is 3. The Kier molecular flexibility index (Phi) is 7.07. The number of amides is 1. The van der Waals surface area contributed by atoms with Gasteiger partial charge in [-0.3, -0.25) is 4.79 Å². The topological polar surface area (TPSA) is 46.2 Å². The van der Waals surface area contributed by atoms with Gasteiger partial charge in [-0.05, 0) is 38.7 Å². The predicted octanol–water partition coefficient (Wildman–Crippen LogP) is 3.27. The number of hydrogen-bond acceptors (Lipinski definition) is 2. The Hall–Kier alpha value is -1.38. The quantitative estimate of drug-likeness (QED) is 0.671. The van der Waals surface area contributed by atoms with Crippen molar-refractivity contribution < 1.29 is 9.59 Å². The van der Waals surface area contributed by atoms with Gasteiger partial charge in [-0.25, -0.2) is 0 Å². The van der Waals surface area contributed by atoms with Gasteiger partial charge in [0.2, 0.25) is 5.91 Å². The van der Waals surface area contributed by atoms with Gasteiger partial charge in [0.25, 0.3) is 0 Å². The molecule has 1 aliphatic carbocycles. The first-order chi connectivity index (χ1) is 8.68. The predicted molar refractivity (Wildman–Crippen MR) is 73.0 cm³/mol. The van der Waals surface area contributed by atoms with E-state index < -0.39 is 0 Å². The van der Waals surface area contributed by atoms with Crippen molar-refractivity contribution >= 4 is 11.7 Å². The van der Waals surface area contributed by atoms with E-state index in [2.05, 4.69) is 17.5 Å². The van der Waals surface area contributed by atoms with Crippen LogP contribution < -0.4 is 5.32 Å². The van der Waals surface area contributed by atoms with Crippen LogP contribution in [0.5, 0.6) is 0 Å². The zero-order chi connectivity index (χ0) is 13.2. The van der Waals surface area contributed by atoms with Gasteiger partial charge in [0, 0.05) is 18.5 Å². The Morgan fingerprint density at radius 1 is 1.11 bits per heavy atom. The van der Waals surface area contributed by atoms with Crippen molar-refractivity contribution in [2.45, 2.75) is 58.3 Å². The minimum atomic E-state index is 0.0966. The van der Waals surface area contributed by atoms with E-state index in [0.717, 1.165) is 44.2 Å². The van der Waals surface area contributed by atoms with Crippen LogP contribution in [0.2, 0.25) is 0 Å². The molecule has 0 aromatic rings.